The number of hydrogen-bond acceptors (Lipinski definition) is 4. The Balaban J connectivity index is 1.70. The van der Waals surface area contributed by atoms with Gasteiger partial charge < -0.3 is 14.8 Å². The molecule has 5 heteroatoms. The Kier molecular flexibility index (Phi) is 6.01. The first-order valence-electron chi connectivity index (χ1n) is 7.27. The number of nitrogens with one attached hydrogen (secondary N) is 1. The van der Waals surface area contributed by atoms with E-state index in [1.54, 1.807) is 24.3 Å². The number of carbonyl (C=O) groups is 1. The number of benzene rings is 2. The van der Waals surface area contributed by atoms with E-state index in [1.807, 2.05) is 43.3 Å². The Labute approximate surface area is 135 Å². The number of amides is 1. The highest BCUT2D eigenvalue weighted by Crippen LogP contribution is 2.11. The average Bonchev–Trinajstić information content (AvgIpc) is 2.59. The molecule has 5 nitrogen and oxygen atoms in total. The molecule has 0 saturated heterocycles. The molecule has 0 heterocycles. The van der Waals surface area contributed by atoms with Gasteiger partial charge in [-0.15, -0.1) is 0 Å². The lowest BCUT2D eigenvalue weighted by molar-refractivity contribution is 0.132. The van der Waals surface area contributed by atoms with E-state index in [0.717, 1.165) is 5.56 Å². The van der Waals surface area contributed by atoms with Gasteiger partial charge in [0.05, 0.1) is 17.7 Å². The fourth-order valence-corrected chi connectivity index (χ4v) is 1.85. The lowest BCUT2D eigenvalue weighted by Gasteiger charge is -2.15. The van der Waals surface area contributed by atoms with Crippen molar-refractivity contribution in [1.82, 2.24) is 5.32 Å². The van der Waals surface area contributed by atoms with Crippen molar-refractivity contribution in [1.29, 1.82) is 5.26 Å². The van der Waals surface area contributed by atoms with E-state index < -0.39 is 6.09 Å². The molecule has 0 aliphatic heterocycles. The van der Waals surface area contributed by atoms with Crippen molar-refractivity contribution in [2.75, 3.05) is 6.61 Å². The van der Waals surface area contributed by atoms with Crippen LogP contribution in [0, 0.1) is 11.3 Å². The highest BCUT2D eigenvalue weighted by Gasteiger charge is 2.09. The Morgan fingerprint density at radius 3 is 2.52 bits per heavy atom. The van der Waals surface area contributed by atoms with Gasteiger partial charge in [-0.2, -0.15) is 5.26 Å². The van der Waals surface area contributed by atoms with Crippen LogP contribution in [0.2, 0.25) is 0 Å². The zero-order valence-electron chi connectivity index (χ0n) is 12.9. The van der Waals surface area contributed by atoms with E-state index in [9.17, 15) is 4.79 Å². The lowest BCUT2D eigenvalue weighted by Crippen LogP contribution is -2.37. The van der Waals surface area contributed by atoms with Crippen molar-refractivity contribution in [3.05, 3.63) is 65.7 Å². The van der Waals surface area contributed by atoms with Crippen LogP contribution in [0.15, 0.2) is 54.6 Å². The third-order valence-corrected chi connectivity index (χ3v) is 3.06. The van der Waals surface area contributed by atoms with Crippen LogP contribution in [0.3, 0.4) is 0 Å². The molecule has 2 aromatic rings. The number of rotatable bonds is 6. The second kappa shape index (κ2) is 8.44. The molecule has 1 unspecified atom stereocenters. The van der Waals surface area contributed by atoms with Crippen molar-refractivity contribution in [2.45, 2.75) is 19.6 Å². The Bertz CT molecular complexity index is 663. The fourth-order valence-electron chi connectivity index (χ4n) is 1.85. The molecular weight excluding hydrogens is 292 g/mol. The van der Waals surface area contributed by atoms with E-state index >= 15 is 0 Å². The number of carbonyl (C=O) groups excluding carboxylic acids is 1. The number of nitriles is 1. The van der Waals surface area contributed by atoms with E-state index in [2.05, 4.69) is 5.32 Å². The maximum atomic E-state index is 11.7. The van der Waals surface area contributed by atoms with Crippen LogP contribution in [0.4, 0.5) is 4.79 Å². The van der Waals surface area contributed by atoms with Gasteiger partial charge in [-0.25, -0.2) is 4.79 Å². The van der Waals surface area contributed by atoms with Gasteiger partial charge in [0.1, 0.15) is 19.0 Å². The van der Waals surface area contributed by atoms with Crippen LogP contribution >= 0.6 is 0 Å². The molecule has 0 radical (unpaired) electrons. The fraction of sp³-hybridized carbons (Fsp3) is 0.222. The molecule has 2 aromatic carbocycles. The summed E-state index contributed by atoms with van der Waals surface area (Å²) in [6, 6.07) is 18.1. The molecule has 1 atom stereocenters. The summed E-state index contributed by atoms with van der Waals surface area (Å²) in [5, 5.41) is 11.4. The molecule has 0 aliphatic rings. The van der Waals surface area contributed by atoms with Crippen molar-refractivity contribution in [3.8, 4) is 11.8 Å². The van der Waals surface area contributed by atoms with Gasteiger partial charge in [0.25, 0.3) is 0 Å². The Morgan fingerprint density at radius 1 is 1.17 bits per heavy atom. The quantitative estimate of drug-likeness (QED) is 0.889. The van der Waals surface area contributed by atoms with Crippen LogP contribution in [0.5, 0.6) is 5.75 Å². The SMILES string of the molecule is CC(COc1ccc(C#N)cc1)NC(=O)OCc1ccccc1. The second-order valence-electron chi connectivity index (χ2n) is 5.05. The molecule has 23 heavy (non-hydrogen) atoms. The minimum atomic E-state index is -0.482. The average molecular weight is 310 g/mol. The molecule has 0 fully saturated rings. The van der Waals surface area contributed by atoms with Gasteiger partial charge in [-0.05, 0) is 36.8 Å². The minimum Gasteiger partial charge on any atom is -0.491 e. The third-order valence-electron chi connectivity index (χ3n) is 3.06. The molecule has 2 rings (SSSR count). The van der Waals surface area contributed by atoms with E-state index in [-0.39, 0.29) is 12.6 Å². The molecule has 0 spiro atoms. The number of alkyl carbamates (subject to hydrolysis) is 1. The Morgan fingerprint density at radius 2 is 1.87 bits per heavy atom. The summed E-state index contributed by atoms with van der Waals surface area (Å²) in [4.78, 5) is 11.7. The molecule has 0 bridgehead atoms. The number of ether oxygens (including phenoxy) is 2. The van der Waals surface area contributed by atoms with E-state index in [1.165, 1.54) is 0 Å². The predicted molar refractivity (Wildman–Crippen MR) is 85.9 cm³/mol. The first kappa shape index (κ1) is 16.4. The van der Waals surface area contributed by atoms with Crippen LogP contribution in [0.25, 0.3) is 0 Å². The molecule has 0 saturated carbocycles. The van der Waals surface area contributed by atoms with Gasteiger partial charge in [-0.1, -0.05) is 30.3 Å². The summed E-state index contributed by atoms with van der Waals surface area (Å²) in [5.74, 6) is 0.648. The minimum absolute atomic E-state index is 0.200. The lowest BCUT2D eigenvalue weighted by atomic mass is 10.2. The van der Waals surface area contributed by atoms with Gasteiger partial charge in [0.2, 0.25) is 0 Å². The summed E-state index contributed by atoms with van der Waals surface area (Å²) in [6.07, 6.45) is -0.482. The van der Waals surface area contributed by atoms with E-state index in [4.69, 9.17) is 14.7 Å². The zero-order valence-corrected chi connectivity index (χ0v) is 12.9. The van der Waals surface area contributed by atoms with Gasteiger partial charge in [-0.3, -0.25) is 0 Å². The Hall–Kier alpha value is -3.00. The second-order valence-corrected chi connectivity index (χ2v) is 5.05. The summed E-state index contributed by atoms with van der Waals surface area (Å²) in [6.45, 7) is 2.37. The molecule has 1 amide bonds. The third kappa shape index (κ3) is 5.71. The van der Waals surface area contributed by atoms with Gasteiger partial charge in [0.15, 0.2) is 0 Å². The summed E-state index contributed by atoms with van der Waals surface area (Å²) >= 11 is 0. The van der Waals surface area contributed by atoms with Crippen molar-refractivity contribution in [3.63, 3.8) is 0 Å². The van der Waals surface area contributed by atoms with Crippen molar-refractivity contribution < 1.29 is 14.3 Å². The van der Waals surface area contributed by atoms with Crippen LogP contribution < -0.4 is 10.1 Å². The van der Waals surface area contributed by atoms with Crippen LogP contribution in [-0.2, 0) is 11.3 Å². The van der Waals surface area contributed by atoms with Crippen LogP contribution in [0.1, 0.15) is 18.1 Å². The van der Waals surface area contributed by atoms with E-state index in [0.29, 0.717) is 17.9 Å². The van der Waals surface area contributed by atoms with Crippen molar-refractivity contribution >= 4 is 6.09 Å². The number of hydrogen-bond donors (Lipinski definition) is 1. The topological polar surface area (TPSA) is 71.3 Å². The first-order chi connectivity index (χ1) is 11.2. The molecular formula is C18H18N2O3. The maximum absolute atomic E-state index is 11.7. The molecule has 1 N–H and O–H groups in total. The first-order valence-corrected chi connectivity index (χ1v) is 7.27. The molecule has 118 valence electrons. The van der Waals surface area contributed by atoms with Crippen LogP contribution in [-0.4, -0.2) is 18.7 Å². The van der Waals surface area contributed by atoms with Gasteiger partial charge >= 0.3 is 6.09 Å². The summed E-state index contributed by atoms with van der Waals surface area (Å²) in [7, 11) is 0. The normalized spacial score (nSPS) is 11.1. The zero-order chi connectivity index (χ0) is 16.5. The summed E-state index contributed by atoms with van der Waals surface area (Å²) in [5.41, 5.74) is 1.51. The highest BCUT2D eigenvalue weighted by molar-refractivity contribution is 5.67. The predicted octanol–water partition coefficient (Wildman–Crippen LogP) is 3.25. The smallest absolute Gasteiger partial charge is 0.407 e. The van der Waals surface area contributed by atoms with Crippen molar-refractivity contribution in [2.24, 2.45) is 0 Å². The largest absolute Gasteiger partial charge is 0.491 e. The number of nitrogens with zero attached hydrogens (tertiary/aromatic N) is 1. The standard InChI is InChI=1S/C18H18N2O3/c1-14(12-22-17-9-7-15(11-19)8-10-17)20-18(21)23-13-16-5-3-2-4-6-16/h2-10,14H,12-13H2,1H3,(H,20,21). The molecule has 0 aromatic heterocycles. The monoisotopic (exact) mass is 310 g/mol. The highest BCUT2D eigenvalue weighted by atomic mass is 16.5. The maximum Gasteiger partial charge on any atom is 0.407 e. The van der Waals surface area contributed by atoms with Gasteiger partial charge in [0, 0.05) is 0 Å². The molecule has 0 aliphatic carbocycles. The summed E-state index contributed by atoms with van der Waals surface area (Å²) < 4.78 is 10.7.